The number of nitrogens with zero attached hydrogens (tertiary/aromatic N) is 4. The highest BCUT2D eigenvalue weighted by atomic mass is 16.5. The van der Waals surface area contributed by atoms with E-state index in [0.29, 0.717) is 24.9 Å². The molecule has 1 saturated heterocycles. The van der Waals surface area contributed by atoms with Crippen molar-refractivity contribution in [2.24, 2.45) is 5.92 Å². The predicted molar refractivity (Wildman–Crippen MR) is 78.6 cm³/mol. The lowest BCUT2D eigenvalue weighted by atomic mass is 10.1. The number of nitrogens with one attached hydrogen (secondary N) is 1. The molecule has 1 aliphatic rings. The first-order valence-electron chi connectivity index (χ1n) is 7.53. The third kappa shape index (κ3) is 5.09. The maximum absolute atomic E-state index is 12.1. The molecular formula is C14H25N5O2. The molecule has 7 nitrogen and oxygen atoms in total. The molecule has 1 N–H and O–H groups in total. The second-order valence-electron chi connectivity index (χ2n) is 6.01. The summed E-state index contributed by atoms with van der Waals surface area (Å²) in [6, 6.07) is 0. The van der Waals surface area contributed by atoms with Crippen LogP contribution < -0.4 is 5.32 Å². The molecule has 1 aromatic heterocycles. The lowest BCUT2D eigenvalue weighted by molar-refractivity contribution is -0.132. The third-order valence-corrected chi connectivity index (χ3v) is 3.38. The summed E-state index contributed by atoms with van der Waals surface area (Å²) in [5.41, 5.74) is 0. The molecule has 2 rings (SSSR count). The zero-order valence-electron chi connectivity index (χ0n) is 13.1. The Morgan fingerprint density at radius 3 is 2.81 bits per heavy atom. The van der Waals surface area contributed by atoms with Gasteiger partial charge in [0.05, 0.1) is 13.1 Å². The summed E-state index contributed by atoms with van der Waals surface area (Å²) in [5, 5.41) is 7.20. The third-order valence-electron chi connectivity index (χ3n) is 3.38. The van der Waals surface area contributed by atoms with Crippen molar-refractivity contribution in [1.82, 2.24) is 25.3 Å². The molecule has 7 heteroatoms. The van der Waals surface area contributed by atoms with Crippen molar-refractivity contribution in [3.05, 3.63) is 11.7 Å². The SMILES string of the molecule is CC(C)Cc1noc(CN(C)CC(=O)N2CCNCC2)n1. The minimum Gasteiger partial charge on any atom is -0.339 e. The Hall–Kier alpha value is -1.47. The van der Waals surface area contributed by atoms with Gasteiger partial charge in [-0.05, 0) is 13.0 Å². The zero-order valence-corrected chi connectivity index (χ0v) is 13.1. The average molecular weight is 295 g/mol. The highest BCUT2D eigenvalue weighted by Crippen LogP contribution is 2.06. The Balaban J connectivity index is 1.79. The minimum absolute atomic E-state index is 0.154. The molecule has 2 heterocycles. The molecule has 0 unspecified atom stereocenters. The summed E-state index contributed by atoms with van der Waals surface area (Å²) >= 11 is 0. The predicted octanol–water partition coefficient (Wildman–Crippen LogP) is 0.132. The Morgan fingerprint density at radius 2 is 2.14 bits per heavy atom. The van der Waals surface area contributed by atoms with Crippen molar-refractivity contribution in [2.45, 2.75) is 26.8 Å². The summed E-state index contributed by atoms with van der Waals surface area (Å²) in [6.45, 7) is 8.43. The van der Waals surface area contributed by atoms with E-state index in [1.807, 2.05) is 16.8 Å². The number of aromatic nitrogens is 2. The lowest BCUT2D eigenvalue weighted by Gasteiger charge is -2.28. The van der Waals surface area contributed by atoms with Crippen molar-refractivity contribution in [3.63, 3.8) is 0 Å². The van der Waals surface area contributed by atoms with Gasteiger partial charge in [-0.25, -0.2) is 0 Å². The largest absolute Gasteiger partial charge is 0.339 e. The first kappa shape index (κ1) is 15.9. The standard InChI is InChI=1S/C14H25N5O2/c1-11(2)8-12-16-13(21-17-12)9-18(3)10-14(20)19-6-4-15-5-7-19/h11,15H,4-10H2,1-3H3. The van der Waals surface area contributed by atoms with Gasteiger partial charge < -0.3 is 14.7 Å². The van der Waals surface area contributed by atoms with Crippen LogP contribution in [0.3, 0.4) is 0 Å². The molecule has 21 heavy (non-hydrogen) atoms. The van der Waals surface area contributed by atoms with Crippen molar-refractivity contribution in [2.75, 3.05) is 39.8 Å². The normalized spacial score (nSPS) is 16.0. The molecule has 0 saturated carbocycles. The van der Waals surface area contributed by atoms with Crippen molar-refractivity contribution in [3.8, 4) is 0 Å². The fourth-order valence-electron chi connectivity index (χ4n) is 2.33. The molecule has 0 atom stereocenters. The number of amides is 1. The molecule has 0 aliphatic carbocycles. The lowest BCUT2D eigenvalue weighted by Crippen LogP contribution is -2.49. The fourth-order valence-corrected chi connectivity index (χ4v) is 2.33. The van der Waals surface area contributed by atoms with E-state index >= 15 is 0 Å². The number of carbonyl (C=O) groups is 1. The van der Waals surface area contributed by atoms with E-state index in [4.69, 9.17) is 4.52 Å². The van der Waals surface area contributed by atoms with Crippen LogP contribution >= 0.6 is 0 Å². The van der Waals surface area contributed by atoms with Crippen molar-refractivity contribution in [1.29, 1.82) is 0 Å². The zero-order chi connectivity index (χ0) is 15.2. The van der Waals surface area contributed by atoms with Gasteiger partial charge in [-0.2, -0.15) is 4.98 Å². The smallest absolute Gasteiger partial charge is 0.240 e. The number of rotatable bonds is 6. The quantitative estimate of drug-likeness (QED) is 0.804. The van der Waals surface area contributed by atoms with Crippen LogP contribution in [0.25, 0.3) is 0 Å². The Kier molecular flexibility index (Phi) is 5.69. The van der Waals surface area contributed by atoms with E-state index in [0.717, 1.165) is 38.4 Å². The van der Waals surface area contributed by atoms with Crippen molar-refractivity contribution >= 4 is 5.91 Å². The molecule has 0 bridgehead atoms. The molecule has 0 spiro atoms. The molecule has 1 amide bonds. The first-order valence-corrected chi connectivity index (χ1v) is 7.53. The van der Waals surface area contributed by atoms with E-state index in [-0.39, 0.29) is 5.91 Å². The van der Waals surface area contributed by atoms with E-state index in [9.17, 15) is 4.79 Å². The molecule has 0 aromatic carbocycles. The molecule has 1 aliphatic heterocycles. The van der Waals surface area contributed by atoms with Gasteiger partial charge in [0.25, 0.3) is 0 Å². The summed E-state index contributed by atoms with van der Waals surface area (Å²) < 4.78 is 5.23. The molecule has 118 valence electrons. The maximum Gasteiger partial charge on any atom is 0.240 e. The van der Waals surface area contributed by atoms with Crippen LogP contribution in [0.4, 0.5) is 0 Å². The number of hydrogen-bond donors (Lipinski definition) is 1. The molecular weight excluding hydrogens is 270 g/mol. The summed E-state index contributed by atoms with van der Waals surface area (Å²) in [6.07, 6.45) is 0.812. The summed E-state index contributed by atoms with van der Waals surface area (Å²) in [7, 11) is 1.90. The number of likely N-dealkylation sites (N-methyl/N-ethyl adjacent to an activating group) is 1. The van der Waals surface area contributed by atoms with E-state index in [2.05, 4.69) is 29.3 Å². The van der Waals surface area contributed by atoms with Gasteiger partial charge in [0.15, 0.2) is 5.82 Å². The topological polar surface area (TPSA) is 74.5 Å². The van der Waals surface area contributed by atoms with Crippen LogP contribution in [-0.2, 0) is 17.8 Å². The van der Waals surface area contributed by atoms with Crippen LogP contribution in [-0.4, -0.2) is 65.6 Å². The van der Waals surface area contributed by atoms with Crippen molar-refractivity contribution < 1.29 is 9.32 Å². The summed E-state index contributed by atoms with van der Waals surface area (Å²) in [5.74, 6) is 1.96. The van der Waals surface area contributed by atoms with Gasteiger partial charge in [-0.3, -0.25) is 9.69 Å². The van der Waals surface area contributed by atoms with Crippen LogP contribution in [0.5, 0.6) is 0 Å². The Labute approximate surface area is 125 Å². The second kappa shape index (κ2) is 7.51. The van der Waals surface area contributed by atoms with E-state index in [1.54, 1.807) is 0 Å². The Bertz CT molecular complexity index is 454. The van der Waals surface area contributed by atoms with Gasteiger partial charge in [0.1, 0.15) is 0 Å². The van der Waals surface area contributed by atoms with E-state index in [1.165, 1.54) is 0 Å². The van der Waals surface area contributed by atoms with Gasteiger partial charge in [-0.1, -0.05) is 19.0 Å². The second-order valence-corrected chi connectivity index (χ2v) is 6.01. The highest BCUT2D eigenvalue weighted by molar-refractivity contribution is 5.78. The minimum atomic E-state index is 0.154. The number of piperazine rings is 1. The van der Waals surface area contributed by atoms with Crippen LogP contribution in [0, 0.1) is 5.92 Å². The van der Waals surface area contributed by atoms with E-state index < -0.39 is 0 Å². The maximum atomic E-state index is 12.1. The number of hydrogen-bond acceptors (Lipinski definition) is 6. The van der Waals surface area contributed by atoms with Crippen LogP contribution in [0.2, 0.25) is 0 Å². The summed E-state index contributed by atoms with van der Waals surface area (Å²) in [4.78, 5) is 20.3. The average Bonchev–Trinajstić information content (AvgIpc) is 2.85. The van der Waals surface area contributed by atoms with Gasteiger partial charge in [-0.15, -0.1) is 0 Å². The number of carbonyl (C=O) groups excluding carboxylic acids is 1. The van der Waals surface area contributed by atoms with Gasteiger partial charge >= 0.3 is 0 Å². The fraction of sp³-hybridized carbons (Fsp3) is 0.786. The molecule has 1 fully saturated rings. The highest BCUT2D eigenvalue weighted by Gasteiger charge is 2.18. The molecule has 0 radical (unpaired) electrons. The molecule has 1 aromatic rings. The first-order chi connectivity index (χ1) is 10.0. The van der Waals surface area contributed by atoms with Crippen LogP contribution in [0.1, 0.15) is 25.6 Å². The monoisotopic (exact) mass is 295 g/mol. The van der Waals surface area contributed by atoms with Gasteiger partial charge in [0.2, 0.25) is 11.8 Å². The van der Waals surface area contributed by atoms with Gasteiger partial charge in [0, 0.05) is 32.6 Å². The van der Waals surface area contributed by atoms with Crippen LogP contribution in [0.15, 0.2) is 4.52 Å². The Morgan fingerprint density at radius 1 is 1.43 bits per heavy atom.